The van der Waals surface area contributed by atoms with E-state index in [1.165, 1.54) is 11.3 Å². The van der Waals surface area contributed by atoms with Crippen molar-refractivity contribution < 1.29 is 9.59 Å². The first-order chi connectivity index (χ1) is 13.7. The lowest BCUT2D eigenvalue weighted by Crippen LogP contribution is -2.28. The van der Waals surface area contributed by atoms with Gasteiger partial charge in [-0.3, -0.25) is 9.59 Å². The highest BCUT2D eigenvalue weighted by atomic mass is 32.1. The fraction of sp³-hybridized carbons (Fsp3) is 0.227. The van der Waals surface area contributed by atoms with E-state index >= 15 is 0 Å². The molecule has 6 heteroatoms. The molecule has 2 heterocycles. The highest BCUT2D eigenvalue weighted by molar-refractivity contribution is 7.16. The van der Waals surface area contributed by atoms with E-state index < -0.39 is 0 Å². The van der Waals surface area contributed by atoms with Crippen molar-refractivity contribution in [3.05, 3.63) is 65.5 Å². The Balaban J connectivity index is 1.49. The van der Waals surface area contributed by atoms with Gasteiger partial charge in [-0.15, -0.1) is 11.3 Å². The molecular formula is C22H21N3O2S. The number of nitrogens with zero attached hydrogens (tertiary/aromatic N) is 2. The molecule has 1 aromatic heterocycles. The zero-order valence-corrected chi connectivity index (χ0v) is 16.4. The smallest absolute Gasteiger partial charge is 0.231 e. The summed E-state index contributed by atoms with van der Waals surface area (Å²) in [4.78, 5) is 32.6. The normalized spacial score (nSPS) is 16.4. The molecule has 1 fully saturated rings. The Morgan fingerprint density at radius 3 is 2.50 bits per heavy atom. The van der Waals surface area contributed by atoms with E-state index in [-0.39, 0.29) is 24.2 Å². The topological polar surface area (TPSA) is 62.3 Å². The Kier molecular flexibility index (Phi) is 5.21. The summed E-state index contributed by atoms with van der Waals surface area (Å²) in [6.07, 6.45) is 1.07. The van der Waals surface area contributed by atoms with Crippen molar-refractivity contribution in [3.8, 4) is 11.3 Å². The minimum atomic E-state index is -0.373. The highest BCUT2D eigenvalue weighted by Crippen LogP contribution is 2.32. The molecular weight excluding hydrogens is 370 g/mol. The number of anilines is 2. The van der Waals surface area contributed by atoms with Crippen LogP contribution in [0, 0.1) is 5.92 Å². The number of carbonyl (C=O) groups excluding carboxylic acids is 2. The minimum absolute atomic E-state index is 0.0234. The zero-order valence-electron chi connectivity index (χ0n) is 15.6. The van der Waals surface area contributed by atoms with E-state index in [2.05, 4.69) is 17.2 Å². The third-order valence-corrected chi connectivity index (χ3v) is 5.97. The van der Waals surface area contributed by atoms with Gasteiger partial charge in [0.1, 0.15) is 0 Å². The Morgan fingerprint density at radius 1 is 1.14 bits per heavy atom. The molecule has 3 aromatic rings. The number of thiazole rings is 1. The number of amides is 2. The standard InChI is InChI=1S/C22H21N3O2S/c1-2-18-20(15-9-5-3-6-10-15)23-22(28-18)24-21(27)16-13-19(26)25(14-16)17-11-7-4-8-12-17/h3-12,16H,2,13-14H2,1H3,(H,23,24,27)/t16-/m0/s1. The van der Waals surface area contributed by atoms with Crippen LogP contribution in [0.3, 0.4) is 0 Å². The largest absolute Gasteiger partial charge is 0.312 e. The first-order valence-electron chi connectivity index (χ1n) is 9.37. The van der Waals surface area contributed by atoms with Crippen LogP contribution in [0.1, 0.15) is 18.2 Å². The van der Waals surface area contributed by atoms with Gasteiger partial charge >= 0.3 is 0 Å². The van der Waals surface area contributed by atoms with Crippen LogP contribution in [0.15, 0.2) is 60.7 Å². The number of nitrogens with one attached hydrogen (secondary N) is 1. The number of aromatic nitrogens is 1. The summed E-state index contributed by atoms with van der Waals surface area (Å²) >= 11 is 1.50. The van der Waals surface area contributed by atoms with Crippen molar-refractivity contribution in [2.75, 3.05) is 16.8 Å². The van der Waals surface area contributed by atoms with Crippen molar-refractivity contribution in [2.24, 2.45) is 5.92 Å². The van der Waals surface area contributed by atoms with Gasteiger partial charge in [0.05, 0.1) is 11.6 Å². The second kappa shape index (κ2) is 7.94. The van der Waals surface area contributed by atoms with Crippen molar-refractivity contribution in [1.29, 1.82) is 0 Å². The molecule has 1 N–H and O–H groups in total. The van der Waals surface area contributed by atoms with Crippen molar-refractivity contribution >= 4 is 34.0 Å². The fourth-order valence-electron chi connectivity index (χ4n) is 3.41. The lowest BCUT2D eigenvalue weighted by Gasteiger charge is -2.16. The molecule has 1 atom stereocenters. The molecule has 4 rings (SSSR count). The van der Waals surface area contributed by atoms with Crippen LogP contribution in [-0.2, 0) is 16.0 Å². The first kappa shape index (κ1) is 18.4. The van der Waals surface area contributed by atoms with Gasteiger partial charge in [0.2, 0.25) is 11.8 Å². The number of hydrogen-bond acceptors (Lipinski definition) is 4. The SMILES string of the molecule is CCc1sc(NC(=O)[C@H]2CC(=O)N(c3ccccc3)C2)nc1-c1ccccc1. The van der Waals surface area contributed by atoms with E-state index in [0.29, 0.717) is 11.7 Å². The van der Waals surface area contributed by atoms with Crippen LogP contribution in [0.2, 0.25) is 0 Å². The average Bonchev–Trinajstić information content (AvgIpc) is 3.32. The van der Waals surface area contributed by atoms with Crippen molar-refractivity contribution in [3.63, 3.8) is 0 Å². The van der Waals surface area contributed by atoms with Gasteiger partial charge in [-0.25, -0.2) is 4.98 Å². The predicted molar refractivity (Wildman–Crippen MR) is 112 cm³/mol. The number of benzene rings is 2. The van der Waals surface area contributed by atoms with Gasteiger partial charge in [0, 0.05) is 29.1 Å². The summed E-state index contributed by atoms with van der Waals surface area (Å²) in [5.41, 5.74) is 2.79. The van der Waals surface area contributed by atoms with Crippen molar-refractivity contribution in [1.82, 2.24) is 4.98 Å². The van der Waals surface area contributed by atoms with Crippen LogP contribution < -0.4 is 10.2 Å². The molecule has 28 heavy (non-hydrogen) atoms. The lowest BCUT2D eigenvalue weighted by molar-refractivity contribution is -0.122. The average molecular weight is 391 g/mol. The van der Waals surface area contributed by atoms with E-state index in [0.717, 1.165) is 28.2 Å². The molecule has 1 aliphatic rings. The van der Waals surface area contributed by atoms with Crippen LogP contribution >= 0.6 is 11.3 Å². The third-order valence-electron chi connectivity index (χ3n) is 4.86. The molecule has 142 valence electrons. The van der Waals surface area contributed by atoms with E-state index in [1.807, 2.05) is 60.7 Å². The van der Waals surface area contributed by atoms with Gasteiger partial charge in [-0.05, 0) is 18.6 Å². The summed E-state index contributed by atoms with van der Waals surface area (Å²) in [6, 6.07) is 19.4. The molecule has 1 aliphatic heterocycles. The number of hydrogen-bond donors (Lipinski definition) is 1. The summed E-state index contributed by atoms with van der Waals surface area (Å²) in [7, 11) is 0. The number of aryl methyl sites for hydroxylation is 1. The van der Waals surface area contributed by atoms with Gasteiger partial charge in [0.25, 0.3) is 0 Å². The summed E-state index contributed by atoms with van der Waals surface area (Å²) in [5, 5.41) is 3.52. The maximum atomic E-state index is 12.8. The Hall–Kier alpha value is -2.99. The van der Waals surface area contributed by atoms with Gasteiger partial charge in [0.15, 0.2) is 5.13 Å². The molecule has 0 radical (unpaired) electrons. The Bertz CT molecular complexity index is 986. The van der Waals surface area contributed by atoms with Crippen LogP contribution in [0.25, 0.3) is 11.3 Å². The van der Waals surface area contributed by atoms with Crippen LogP contribution in [0.4, 0.5) is 10.8 Å². The molecule has 0 aliphatic carbocycles. The molecule has 2 amide bonds. The van der Waals surface area contributed by atoms with Crippen LogP contribution in [-0.4, -0.2) is 23.3 Å². The maximum Gasteiger partial charge on any atom is 0.231 e. The van der Waals surface area contributed by atoms with Gasteiger partial charge in [-0.2, -0.15) is 0 Å². The van der Waals surface area contributed by atoms with E-state index in [1.54, 1.807) is 4.90 Å². The summed E-state index contributed by atoms with van der Waals surface area (Å²) < 4.78 is 0. The van der Waals surface area contributed by atoms with E-state index in [4.69, 9.17) is 0 Å². The molecule has 5 nitrogen and oxygen atoms in total. The quantitative estimate of drug-likeness (QED) is 0.703. The van der Waals surface area contributed by atoms with Crippen molar-refractivity contribution in [2.45, 2.75) is 19.8 Å². The molecule has 0 spiro atoms. The van der Waals surface area contributed by atoms with Gasteiger partial charge < -0.3 is 10.2 Å². The molecule has 0 unspecified atom stereocenters. The van der Waals surface area contributed by atoms with Gasteiger partial charge in [-0.1, -0.05) is 55.5 Å². The van der Waals surface area contributed by atoms with E-state index in [9.17, 15) is 9.59 Å². The number of carbonyl (C=O) groups is 2. The minimum Gasteiger partial charge on any atom is -0.312 e. The number of para-hydroxylation sites is 1. The second-order valence-corrected chi connectivity index (χ2v) is 7.82. The predicted octanol–water partition coefficient (Wildman–Crippen LogP) is 4.36. The molecule has 0 bridgehead atoms. The summed E-state index contributed by atoms with van der Waals surface area (Å²) in [5.74, 6) is -0.547. The Labute approximate surface area is 168 Å². The summed E-state index contributed by atoms with van der Waals surface area (Å²) in [6.45, 7) is 2.48. The first-order valence-corrected chi connectivity index (χ1v) is 10.2. The number of rotatable bonds is 5. The monoisotopic (exact) mass is 391 g/mol. The van der Waals surface area contributed by atoms with Crippen LogP contribution in [0.5, 0.6) is 0 Å². The third kappa shape index (κ3) is 3.68. The second-order valence-electron chi connectivity index (χ2n) is 6.74. The zero-order chi connectivity index (χ0) is 19.5. The lowest BCUT2D eigenvalue weighted by atomic mass is 10.1. The molecule has 2 aromatic carbocycles. The molecule has 0 saturated carbocycles. The molecule has 1 saturated heterocycles. The maximum absolute atomic E-state index is 12.8. The highest BCUT2D eigenvalue weighted by Gasteiger charge is 2.35. The fourth-order valence-corrected chi connectivity index (χ4v) is 4.34. The Morgan fingerprint density at radius 2 is 1.82 bits per heavy atom.